The molecular weight excluding hydrogens is 165 g/mol. The summed E-state index contributed by atoms with van der Waals surface area (Å²) in [5.41, 5.74) is 1.25. The quantitative estimate of drug-likeness (QED) is 0.701. The van der Waals surface area contributed by atoms with Crippen molar-refractivity contribution < 1.29 is 9.71 Å². The maximum atomic E-state index is 12.6. The molecule has 0 saturated carbocycles. The van der Waals surface area contributed by atoms with Gasteiger partial charge in [0.25, 0.3) is 0 Å². The average Bonchev–Trinajstić information content (AvgIpc) is 2.62. The highest BCUT2D eigenvalue weighted by molar-refractivity contribution is 5.16. The Morgan fingerprint density at radius 2 is 2.08 bits per heavy atom. The predicted molar refractivity (Wildman–Crippen MR) is 49.9 cm³/mol. The van der Waals surface area contributed by atoms with Gasteiger partial charge in [-0.05, 0) is 17.7 Å². The van der Waals surface area contributed by atoms with Crippen molar-refractivity contribution in [2.75, 3.05) is 6.54 Å². The topological polar surface area (TPSA) is 16.6 Å². The zero-order chi connectivity index (χ0) is 9.10. The van der Waals surface area contributed by atoms with Gasteiger partial charge >= 0.3 is 0 Å². The van der Waals surface area contributed by atoms with Crippen LogP contribution in [0.25, 0.3) is 0 Å². The van der Waals surface area contributed by atoms with Gasteiger partial charge in [0.15, 0.2) is 0 Å². The molecule has 1 saturated heterocycles. The number of nitrogens with two attached hydrogens (primary N) is 1. The van der Waals surface area contributed by atoms with E-state index in [1.807, 2.05) is 12.1 Å². The highest BCUT2D eigenvalue weighted by atomic mass is 19.1. The number of hydrogen-bond acceptors (Lipinski definition) is 0. The Kier molecular flexibility index (Phi) is 2.60. The molecule has 0 aliphatic carbocycles. The fourth-order valence-corrected chi connectivity index (χ4v) is 1.96. The van der Waals surface area contributed by atoms with Crippen LogP contribution in [0.2, 0.25) is 0 Å². The van der Waals surface area contributed by atoms with E-state index in [2.05, 4.69) is 5.32 Å². The lowest BCUT2D eigenvalue weighted by Gasteiger charge is -2.06. The van der Waals surface area contributed by atoms with E-state index in [4.69, 9.17) is 0 Å². The van der Waals surface area contributed by atoms with Crippen LogP contribution in [0.15, 0.2) is 24.3 Å². The molecule has 0 amide bonds. The van der Waals surface area contributed by atoms with Crippen LogP contribution >= 0.6 is 0 Å². The SMILES string of the molecule is Fc1ccc(C[C@@H]2CCC[NH2+]2)cc1. The first kappa shape index (κ1) is 8.70. The van der Waals surface area contributed by atoms with Crippen molar-refractivity contribution in [1.82, 2.24) is 0 Å². The zero-order valence-corrected chi connectivity index (χ0v) is 7.67. The number of hydrogen-bond donors (Lipinski definition) is 1. The molecule has 1 nitrogen and oxygen atoms in total. The van der Waals surface area contributed by atoms with Gasteiger partial charge in [-0.1, -0.05) is 12.1 Å². The van der Waals surface area contributed by atoms with Crippen molar-refractivity contribution in [2.24, 2.45) is 0 Å². The van der Waals surface area contributed by atoms with Gasteiger partial charge in [-0.2, -0.15) is 0 Å². The summed E-state index contributed by atoms with van der Waals surface area (Å²) in [6.07, 6.45) is 3.71. The first-order valence-electron chi connectivity index (χ1n) is 4.92. The molecule has 1 atom stereocenters. The second-order valence-corrected chi connectivity index (χ2v) is 3.76. The molecule has 2 heteroatoms. The summed E-state index contributed by atoms with van der Waals surface area (Å²) < 4.78 is 12.6. The van der Waals surface area contributed by atoms with Crippen LogP contribution in [0.3, 0.4) is 0 Å². The number of quaternary nitrogens is 1. The zero-order valence-electron chi connectivity index (χ0n) is 7.67. The van der Waals surface area contributed by atoms with Crippen molar-refractivity contribution in [1.29, 1.82) is 0 Å². The first-order chi connectivity index (χ1) is 6.34. The van der Waals surface area contributed by atoms with Crippen molar-refractivity contribution in [3.63, 3.8) is 0 Å². The van der Waals surface area contributed by atoms with Crippen LogP contribution < -0.4 is 5.32 Å². The molecule has 13 heavy (non-hydrogen) atoms. The second-order valence-electron chi connectivity index (χ2n) is 3.76. The molecule has 0 unspecified atom stereocenters. The molecule has 1 aromatic rings. The molecule has 1 fully saturated rings. The Balaban J connectivity index is 1.97. The van der Waals surface area contributed by atoms with Crippen LogP contribution in [0.1, 0.15) is 18.4 Å². The van der Waals surface area contributed by atoms with Gasteiger partial charge in [0, 0.05) is 19.3 Å². The van der Waals surface area contributed by atoms with Crippen LogP contribution in [0, 0.1) is 5.82 Å². The average molecular weight is 180 g/mol. The van der Waals surface area contributed by atoms with E-state index in [0.717, 1.165) is 12.5 Å². The lowest BCUT2D eigenvalue weighted by Crippen LogP contribution is -2.87. The van der Waals surface area contributed by atoms with E-state index in [1.165, 1.54) is 24.9 Å². The molecule has 2 N–H and O–H groups in total. The van der Waals surface area contributed by atoms with Crippen molar-refractivity contribution in [2.45, 2.75) is 25.3 Å². The highest BCUT2D eigenvalue weighted by Gasteiger charge is 2.17. The summed E-state index contributed by atoms with van der Waals surface area (Å²) in [6, 6.07) is 7.60. The molecule has 2 rings (SSSR count). The maximum absolute atomic E-state index is 12.6. The molecule has 0 radical (unpaired) electrons. The van der Waals surface area contributed by atoms with Crippen molar-refractivity contribution >= 4 is 0 Å². The fraction of sp³-hybridized carbons (Fsp3) is 0.455. The van der Waals surface area contributed by atoms with E-state index in [9.17, 15) is 4.39 Å². The van der Waals surface area contributed by atoms with Crippen LogP contribution in [-0.4, -0.2) is 12.6 Å². The van der Waals surface area contributed by atoms with Gasteiger partial charge < -0.3 is 5.32 Å². The van der Waals surface area contributed by atoms with E-state index in [1.54, 1.807) is 12.1 Å². The van der Waals surface area contributed by atoms with Crippen molar-refractivity contribution in [3.05, 3.63) is 35.6 Å². The third-order valence-electron chi connectivity index (χ3n) is 2.69. The molecule has 1 aromatic carbocycles. The van der Waals surface area contributed by atoms with E-state index in [-0.39, 0.29) is 5.82 Å². The summed E-state index contributed by atoms with van der Waals surface area (Å²) in [7, 11) is 0. The summed E-state index contributed by atoms with van der Waals surface area (Å²) >= 11 is 0. The molecule has 70 valence electrons. The molecule has 1 aliphatic heterocycles. The lowest BCUT2D eigenvalue weighted by molar-refractivity contribution is -0.669. The summed E-state index contributed by atoms with van der Waals surface area (Å²) in [4.78, 5) is 0. The molecule has 1 heterocycles. The summed E-state index contributed by atoms with van der Waals surface area (Å²) in [5, 5.41) is 2.39. The third-order valence-corrected chi connectivity index (χ3v) is 2.69. The maximum Gasteiger partial charge on any atom is 0.123 e. The van der Waals surface area contributed by atoms with Gasteiger partial charge in [-0.15, -0.1) is 0 Å². The van der Waals surface area contributed by atoms with Gasteiger partial charge in [0.1, 0.15) is 5.82 Å². The van der Waals surface area contributed by atoms with Crippen LogP contribution in [0.5, 0.6) is 0 Å². The normalized spacial score (nSPS) is 22.1. The minimum atomic E-state index is -0.140. The molecule has 0 bridgehead atoms. The van der Waals surface area contributed by atoms with Crippen LogP contribution in [0.4, 0.5) is 4.39 Å². The minimum Gasteiger partial charge on any atom is -0.344 e. The Morgan fingerprint density at radius 1 is 1.31 bits per heavy atom. The minimum absolute atomic E-state index is 0.140. The van der Waals surface area contributed by atoms with Gasteiger partial charge in [-0.25, -0.2) is 4.39 Å². The first-order valence-corrected chi connectivity index (χ1v) is 4.92. The smallest absolute Gasteiger partial charge is 0.123 e. The number of benzene rings is 1. The number of rotatable bonds is 2. The van der Waals surface area contributed by atoms with E-state index in [0.29, 0.717) is 0 Å². The van der Waals surface area contributed by atoms with E-state index < -0.39 is 0 Å². The fourth-order valence-electron chi connectivity index (χ4n) is 1.96. The predicted octanol–water partition coefficient (Wildman–Crippen LogP) is 1.09. The van der Waals surface area contributed by atoms with Crippen LogP contribution in [-0.2, 0) is 6.42 Å². The Bertz CT molecular complexity index is 262. The largest absolute Gasteiger partial charge is 0.344 e. The molecule has 0 aromatic heterocycles. The van der Waals surface area contributed by atoms with Gasteiger partial charge in [0.05, 0.1) is 12.6 Å². The second kappa shape index (κ2) is 3.88. The number of halogens is 1. The molecular formula is C11H15FN+. The summed E-state index contributed by atoms with van der Waals surface area (Å²) in [5.74, 6) is -0.140. The van der Waals surface area contributed by atoms with Gasteiger partial charge in [0.2, 0.25) is 0 Å². The Hall–Kier alpha value is -0.890. The Labute approximate surface area is 78.0 Å². The van der Waals surface area contributed by atoms with Crippen molar-refractivity contribution in [3.8, 4) is 0 Å². The Morgan fingerprint density at radius 3 is 2.69 bits per heavy atom. The summed E-state index contributed by atoms with van der Waals surface area (Å²) in [6.45, 7) is 1.26. The highest BCUT2D eigenvalue weighted by Crippen LogP contribution is 2.08. The van der Waals surface area contributed by atoms with Gasteiger partial charge in [-0.3, -0.25) is 0 Å². The molecule has 0 spiro atoms. The third kappa shape index (κ3) is 2.28. The molecule has 1 aliphatic rings. The standard InChI is InChI=1S/C11H14FN/c12-10-5-3-9(4-6-10)8-11-2-1-7-13-11/h3-6,11,13H,1-2,7-8H2/p+1/t11-/m0/s1. The monoisotopic (exact) mass is 180 g/mol. The van der Waals surface area contributed by atoms with E-state index >= 15 is 0 Å². The lowest BCUT2D eigenvalue weighted by atomic mass is 10.0.